The fraction of sp³-hybridized carbons (Fsp3) is 0.364. The molecule has 0 radical (unpaired) electrons. The number of hydrogen-bond acceptors (Lipinski definition) is 5. The van der Waals surface area contributed by atoms with Crippen molar-refractivity contribution in [2.75, 3.05) is 17.2 Å². The van der Waals surface area contributed by atoms with Gasteiger partial charge in [-0.15, -0.1) is 0 Å². The van der Waals surface area contributed by atoms with Crippen molar-refractivity contribution < 1.29 is 27.0 Å². The van der Waals surface area contributed by atoms with Gasteiger partial charge in [0.05, 0.1) is 5.75 Å². The van der Waals surface area contributed by atoms with E-state index >= 15 is 0 Å². The van der Waals surface area contributed by atoms with E-state index in [0.717, 1.165) is 11.0 Å². The summed E-state index contributed by atoms with van der Waals surface area (Å²) in [7, 11) is -4.20. The molecule has 0 atom stereocenters. The molecular weight excluding hydrogens is 305 g/mol. The van der Waals surface area contributed by atoms with Gasteiger partial charge in [0.15, 0.2) is 0 Å². The van der Waals surface area contributed by atoms with Gasteiger partial charge in [0.25, 0.3) is 10.1 Å². The van der Waals surface area contributed by atoms with E-state index in [1.54, 1.807) is 0 Å². The summed E-state index contributed by atoms with van der Waals surface area (Å²) in [6, 6.07) is 1.56. The number of aryl methyl sites for hydroxylation is 1. The summed E-state index contributed by atoms with van der Waals surface area (Å²) >= 11 is 0. The van der Waals surface area contributed by atoms with Gasteiger partial charge in [-0.25, -0.2) is 9.78 Å². The van der Waals surface area contributed by atoms with E-state index in [-0.39, 0.29) is 30.8 Å². The topological polar surface area (TPSA) is 117 Å². The van der Waals surface area contributed by atoms with Crippen molar-refractivity contribution in [3.63, 3.8) is 0 Å². The lowest BCUT2D eigenvalue weighted by molar-refractivity contribution is -0.120. The minimum absolute atomic E-state index is 0.0139. The predicted octanol–water partition coefficient (Wildman–Crippen LogP) is 0.0973. The number of nitrogens with one attached hydrogen (secondary N) is 1. The van der Waals surface area contributed by atoms with Gasteiger partial charge >= 0.3 is 6.03 Å². The maximum atomic E-state index is 13.3. The average Bonchev–Trinajstić information content (AvgIpc) is 2.36. The minimum Gasteiger partial charge on any atom is -0.286 e. The van der Waals surface area contributed by atoms with Gasteiger partial charge in [-0.2, -0.15) is 12.8 Å². The van der Waals surface area contributed by atoms with Crippen LogP contribution in [0.3, 0.4) is 0 Å². The third-order valence-corrected chi connectivity index (χ3v) is 3.58. The molecule has 1 aromatic rings. The normalized spacial score (nSPS) is 16.0. The quantitative estimate of drug-likeness (QED) is 0.601. The van der Waals surface area contributed by atoms with Gasteiger partial charge in [0, 0.05) is 13.0 Å². The molecule has 2 heterocycles. The lowest BCUT2D eigenvalue weighted by Gasteiger charge is -2.27. The van der Waals surface area contributed by atoms with Crippen LogP contribution in [-0.2, 0) is 21.3 Å². The molecule has 1 saturated heterocycles. The third-order valence-electron chi connectivity index (χ3n) is 2.86. The molecule has 2 rings (SSSR count). The van der Waals surface area contributed by atoms with Crippen LogP contribution < -0.4 is 10.2 Å². The number of carbonyl (C=O) groups excluding carboxylic acids is 2. The monoisotopic (exact) mass is 317 g/mol. The van der Waals surface area contributed by atoms with Crippen molar-refractivity contribution in [2.24, 2.45) is 0 Å². The van der Waals surface area contributed by atoms with Gasteiger partial charge in [-0.3, -0.25) is 19.6 Å². The van der Waals surface area contributed by atoms with Gasteiger partial charge in [0.1, 0.15) is 5.82 Å². The number of imide groups is 1. The molecule has 1 aromatic heterocycles. The molecular formula is C11H12FN3O5S. The summed E-state index contributed by atoms with van der Waals surface area (Å²) in [4.78, 5) is 27.5. The fourth-order valence-electron chi connectivity index (χ4n) is 1.89. The molecule has 10 heteroatoms. The summed E-state index contributed by atoms with van der Waals surface area (Å²) in [5, 5.41) is 2.06. The lowest BCUT2D eigenvalue weighted by atomic mass is 10.2. The number of anilines is 1. The third kappa shape index (κ3) is 3.95. The number of amides is 3. The van der Waals surface area contributed by atoms with Crippen molar-refractivity contribution in [3.05, 3.63) is 23.6 Å². The molecule has 0 aliphatic carbocycles. The second-order valence-corrected chi connectivity index (χ2v) is 5.98. The van der Waals surface area contributed by atoms with Gasteiger partial charge in [-0.1, -0.05) is 6.07 Å². The zero-order valence-corrected chi connectivity index (χ0v) is 11.6. The standard InChI is InChI=1S/C11H12FN3O5S/c12-8-2-1-7(4-6-21(18,19)20)10(13-8)15-5-3-9(16)14-11(15)17/h1-2H,3-6H2,(H,14,16,17)(H,18,19,20). The number of halogens is 1. The maximum Gasteiger partial charge on any atom is 0.329 e. The molecule has 0 spiro atoms. The Balaban J connectivity index is 2.31. The van der Waals surface area contributed by atoms with Crippen molar-refractivity contribution >= 4 is 27.9 Å². The number of pyridine rings is 1. The molecule has 1 fully saturated rings. The van der Waals surface area contributed by atoms with Crippen LogP contribution in [0.5, 0.6) is 0 Å². The van der Waals surface area contributed by atoms with E-state index in [0.29, 0.717) is 0 Å². The molecule has 0 unspecified atom stereocenters. The zero-order chi connectivity index (χ0) is 15.6. The van der Waals surface area contributed by atoms with Gasteiger partial charge < -0.3 is 0 Å². The van der Waals surface area contributed by atoms with E-state index in [1.807, 2.05) is 0 Å². The molecule has 3 amide bonds. The largest absolute Gasteiger partial charge is 0.329 e. The first kappa shape index (κ1) is 15.3. The van der Waals surface area contributed by atoms with Gasteiger partial charge in [-0.05, 0) is 18.1 Å². The highest BCUT2D eigenvalue weighted by Crippen LogP contribution is 2.21. The van der Waals surface area contributed by atoms with Crippen LogP contribution in [0.15, 0.2) is 12.1 Å². The SMILES string of the molecule is O=C1CCN(c2nc(F)ccc2CCS(=O)(=O)O)C(=O)N1. The van der Waals surface area contributed by atoms with Gasteiger partial charge in [0.2, 0.25) is 11.9 Å². The molecule has 1 aliphatic heterocycles. The summed E-state index contributed by atoms with van der Waals surface area (Å²) in [5.41, 5.74) is 0.276. The van der Waals surface area contributed by atoms with E-state index in [2.05, 4.69) is 10.3 Å². The Morgan fingerprint density at radius 2 is 2.10 bits per heavy atom. The number of hydrogen-bond donors (Lipinski definition) is 2. The van der Waals surface area contributed by atoms with Crippen molar-refractivity contribution in [2.45, 2.75) is 12.8 Å². The summed E-state index contributed by atoms with van der Waals surface area (Å²) in [6.45, 7) is 0.0139. The molecule has 8 nitrogen and oxygen atoms in total. The fourth-order valence-corrected chi connectivity index (χ4v) is 2.37. The Morgan fingerprint density at radius 3 is 2.71 bits per heavy atom. The van der Waals surface area contributed by atoms with Crippen LogP contribution in [-0.4, -0.2) is 42.2 Å². The lowest BCUT2D eigenvalue weighted by Crippen LogP contribution is -2.50. The molecule has 1 aliphatic rings. The first-order valence-electron chi connectivity index (χ1n) is 5.98. The first-order chi connectivity index (χ1) is 9.76. The average molecular weight is 317 g/mol. The van der Waals surface area contributed by atoms with E-state index in [1.165, 1.54) is 6.07 Å². The Bertz CT molecular complexity index is 691. The molecule has 114 valence electrons. The van der Waals surface area contributed by atoms with Crippen LogP contribution in [0.1, 0.15) is 12.0 Å². The highest BCUT2D eigenvalue weighted by molar-refractivity contribution is 7.85. The highest BCUT2D eigenvalue weighted by atomic mass is 32.2. The summed E-state index contributed by atoms with van der Waals surface area (Å²) in [6.07, 6.45) is -0.110. The van der Waals surface area contributed by atoms with Crippen molar-refractivity contribution in [1.29, 1.82) is 0 Å². The number of aromatic nitrogens is 1. The molecule has 2 N–H and O–H groups in total. The van der Waals surface area contributed by atoms with Crippen LogP contribution in [0.2, 0.25) is 0 Å². The molecule has 0 bridgehead atoms. The van der Waals surface area contributed by atoms with E-state index < -0.39 is 33.8 Å². The number of nitrogens with zero attached hydrogens (tertiary/aromatic N) is 2. The summed E-state index contributed by atoms with van der Waals surface area (Å²) in [5.74, 6) is -1.94. The van der Waals surface area contributed by atoms with Crippen LogP contribution in [0.4, 0.5) is 15.0 Å². The summed E-state index contributed by atoms with van der Waals surface area (Å²) < 4.78 is 43.6. The number of rotatable bonds is 4. The zero-order valence-electron chi connectivity index (χ0n) is 10.7. The minimum atomic E-state index is -4.20. The Hall–Kier alpha value is -2.07. The van der Waals surface area contributed by atoms with Crippen LogP contribution >= 0.6 is 0 Å². The Kier molecular flexibility index (Phi) is 4.19. The second-order valence-electron chi connectivity index (χ2n) is 4.41. The number of carbonyl (C=O) groups is 2. The maximum absolute atomic E-state index is 13.3. The second kappa shape index (κ2) is 5.74. The first-order valence-corrected chi connectivity index (χ1v) is 7.59. The predicted molar refractivity (Wildman–Crippen MR) is 69.8 cm³/mol. The van der Waals surface area contributed by atoms with E-state index in [9.17, 15) is 22.4 Å². The highest BCUT2D eigenvalue weighted by Gasteiger charge is 2.27. The van der Waals surface area contributed by atoms with Crippen molar-refractivity contribution in [3.8, 4) is 0 Å². The molecule has 21 heavy (non-hydrogen) atoms. The smallest absolute Gasteiger partial charge is 0.286 e. The number of urea groups is 1. The Labute approximate surface area is 119 Å². The Morgan fingerprint density at radius 1 is 1.38 bits per heavy atom. The van der Waals surface area contributed by atoms with Crippen LogP contribution in [0.25, 0.3) is 0 Å². The van der Waals surface area contributed by atoms with Crippen molar-refractivity contribution in [1.82, 2.24) is 10.3 Å². The van der Waals surface area contributed by atoms with Crippen LogP contribution in [0, 0.1) is 5.95 Å². The van der Waals surface area contributed by atoms with E-state index in [4.69, 9.17) is 4.55 Å². The molecule has 0 aromatic carbocycles. The molecule has 0 saturated carbocycles.